The largest absolute Gasteiger partial charge is 0.276 e. The average Bonchev–Trinajstić information content (AvgIpc) is 2.84. The number of rotatable bonds is 5. The van der Waals surface area contributed by atoms with Crippen LogP contribution in [-0.4, -0.2) is 18.2 Å². The lowest BCUT2D eigenvalue weighted by atomic mass is 10.2. The van der Waals surface area contributed by atoms with Gasteiger partial charge in [0.1, 0.15) is 22.3 Å². The first kappa shape index (κ1) is 19.0. The number of benzene rings is 2. The summed E-state index contributed by atoms with van der Waals surface area (Å²) in [7, 11) is -4.27. The Morgan fingerprint density at radius 3 is 2.26 bits per heavy atom. The number of hydrogen-bond acceptors (Lipinski definition) is 3. The van der Waals surface area contributed by atoms with Crippen LogP contribution in [0.25, 0.3) is 0 Å². The lowest BCUT2D eigenvalue weighted by molar-refractivity contribution is 0.551. The molecule has 3 rings (SSSR count). The third-order valence-corrected chi connectivity index (χ3v) is 5.43. The van der Waals surface area contributed by atoms with Crippen molar-refractivity contribution >= 4 is 15.7 Å². The smallest absolute Gasteiger partial charge is 0.264 e. The van der Waals surface area contributed by atoms with Gasteiger partial charge in [-0.3, -0.25) is 9.40 Å². The van der Waals surface area contributed by atoms with Crippen LogP contribution in [0.5, 0.6) is 0 Å². The van der Waals surface area contributed by atoms with Gasteiger partial charge in [0, 0.05) is 6.07 Å². The van der Waals surface area contributed by atoms with Crippen molar-refractivity contribution in [1.29, 1.82) is 0 Å². The van der Waals surface area contributed by atoms with Crippen LogP contribution < -0.4 is 4.72 Å². The minimum atomic E-state index is -4.27. The Kier molecular flexibility index (Phi) is 4.97. The van der Waals surface area contributed by atoms with Crippen molar-refractivity contribution in [2.75, 3.05) is 4.72 Å². The number of nitrogens with one attached hydrogen (secondary N) is 1. The molecule has 0 aliphatic carbocycles. The first-order valence-corrected chi connectivity index (χ1v) is 9.42. The van der Waals surface area contributed by atoms with Gasteiger partial charge in [0.2, 0.25) is 0 Å². The minimum Gasteiger partial charge on any atom is -0.276 e. The minimum absolute atomic E-state index is 0.209. The van der Waals surface area contributed by atoms with E-state index in [-0.39, 0.29) is 11.5 Å². The van der Waals surface area contributed by atoms with Gasteiger partial charge in [0.15, 0.2) is 0 Å². The van der Waals surface area contributed by atoms with E-state index in [9.17, 15) is 21.6 Å². The molecule has 142 valence electrons. The quantitative estimate of drug-likeness (QED) is 0.715. The van der Waals surface area contributed by atoms with Gasteiger partial charge in [-0.2, -0.15) is 5.10 Å². The maximum atomic E-state index is 13.9. The Labute approximate surface area is 154 Å². The van der Waals surface area contributed by atoms with Crippen LogP contribution in [0.2, 0.25) is 0 Å². The molecule has 3 aromatic rings. The summed E-state index contributed by atoms with van der Waals surface area (Å²) in [6.45, 7) is 3.56. The zero-order valence-electron chi connectivity index (χ0n) is 14.5. The van der Waals surface area contributed by atoms with Crippen LogP contribution in [0, 0.1) is 31.3 Å². The Morgan fingerprint density at radius 1 is 1.00 bits per heavy atom. The molecule has 0 saturated heterocycles. The lowest BCUT2D eigenvalue weighted by Gasteiger charge is -2.10. The third-order valence-electron chi connectivity index (χ3n) is 4.05. The second-order valence-electron chi connectivity index (χ2n) is 6.01. The van der Waals surface area contributed by atoms with Crippen molar-refractivity contribution in [2.45, 2.75) is 25.3 Å². The number of anilines is 1. The van der Waals surface area contributed by atoms with Crippen LogP contribution in [0.1, 0.15) is 17.0 Å². The summed E-state index contributed by atoms with van der Waals surface area (Å²) in [6.07, 6.45) is 0. The molecular formula is C18H16F3N3O2S. The molecule has 1 aromatic heterocycles. The summed E-state index contributed by atoms with van der Waals surface area (Å²) in [5.41, 5.74) is 1.88. The molecule has 5 nitrogen and oxygen atoms in total. The molecule has 0 spiro atoms. The molecule has 0 bridgehead atoms. The molecule has 0 atom stereocenters. The van der Waals surface area contributed by atoms with E-state index in [4.69, 9.17) is 0 Å². The van der Waals surface area contributed by atoms with E-state index >= 15 is 0 Å². The predicted molar refractivity (Wildman–Crippen MR) is 94.4 cm³/mol. The van der Waals surface area contributed by atoms with Gasteiger partial charge in [0.25, 0.3) is 10.0 Å². The number of sulfonamides is 1. The number of aromatic nitrogens is 2. The highest BCUT2D eigenvalue weighted by Gasteiger charge is 2.23. The van der Waals surface area contributed by atoms with Crippen molar-refractivity contribution in [3.63, 3.8) is 0 Å². The molecule has 0 aliphatic rings. The molecule has 1 heterocycles. The first-order chi connectivity index (χ1) is 12.7. The molecule has 2 aromatic carbocycles. The highest BCUT2D eigenvalue weighted by molar-refractivity contribution is 7.92. The number of nitrogens with zero attached hydrogens (tertiary/aromatic N) is 2. The fourth-order valence-electron chi connectivity index (χ4n) is 2.64. The second-order valence-corrected chi connectivity index (χ2v) is 7.66. The molecule has 0 aliphatic heterocycles. The summed E-state index contributed by atoms with van der Waals surface area (Å²) < 4.78 is 68.8. The van der Waals surface area contributed by atoms with Crippen LogP contribution in [0.3, 0.4) is 0 Å². The fourth-order valence-corrected chi connectivity index (χ4v) is 3.88. The van der Waals surface area contributed by atoms with Crippen LogP contribution in [0.4, 0.5) is 18.9 Å². The van der Waals surface area contributed by atoms with E-state index in [0.29, 0.717) is 24.0 Å². The van der Waals surface area contributed by atoms with Gasteiger partial charge in [-0.05, 0) is 43.7 Å². The highest BCUT2D eigenvalue weighted by Crippen LogP contribution is 2.25. The normalized spacial score (nSPS) is 11.6. The standard InChI is InChI=1S/C18H16F3N3O2S/c1-11-18(23-27(25,26)17-8-7-15(20)9-16(17)21)12(2)24(22-11)10-13-3-5-14(19)6-4-13/h3-9,23H,10H2,1-2H3. The summed E-state index contributed by atoms with van der Waals surface area (Å²) in [5.74, 6) is -2.41. The van der Waals surface area contributed by atoms with Gasteiger partial charge in [-0.1, -0.05) is 12.1 Å². The molecule has 1 N–H and O–H groups in total. The van der Waals surface area contributed by atoms with Gasteiger partial charge in [-0.15, -0.1) is 0 Å². The maximum absolute atomic E-state index is 13.9. The molecular weight excluding hydrogens is 379 g/mol. The van der Waals surface area contributed by atoms with Gasteiger partial charge in [-0.25, -0.2) is 21.6 Å². The Balaban J connectivity index is 1.91. The highest BCUT2D eigenvalue weighted by atomic mass is 32.2. The Morgan fingerprint density at radius 2 is 1.63 bits per heavy atom. The maximum Gasteiger partial charge on any atom is 0.264 e. The van der Waals surface area contributed by atoms with E-state index in [2.05, 4.69) is 9.82 Å². The summed E-state index contributed by atoms with van der Waals surface area (Å²) in [5, 5.41) is 4.28. The van der Waals surface area contributed by atoms with Gasteiger partial charge < -0.3 is 0 Å². The van der Waals surface area contributed by atoms with E-state index < -0.39 is 26.6 Å². The predicted octanol–water partition coefficient (Wildman–Crippen LogP) is 3.77. The zero-order valence-corrected chi connectivity index (χ0v) is 15.3. The molecule has 27 heavy (non-hydrogen) atoms. The van der Waals surface area contributed by atoms with Crippen LogP contribution >= 0.6 is 0 Å². The monoisotopic (exact) mass is 395 g/mol. The van der Waals surface area contributed by atoms with Crippen molar-refractivity contribution < 1.29 is 21.6 Å². The topological polar surface area (TPSA) is 64.0 Å². The Bertz CT molecular complexity index is 1090. The number of hydrogen-bond donors (Lipinski definition) is 1. The Hall–Kier alpha value is -2.81. The summed E-state index contributed by atoms with van der Waals surface area (Å²) in [6, 6.07) is 8.08. The molecule has 0 saturated carbocycles. The van der Waals surface area contributed by atoms with Crippen molar-refractivity contribution in [2.24, 2.45) is 0 Å². The molecule has 0 amide bonds. The van der Waals surface area contributed by atoms with Gasteiger partial charge in [0.05, 0.1) is 23.6 Å². The fraction of sp³-hybridized carbons (Fsp3) is 0.167. The number of aryl methyl sites for hydroxylation is 1. The van der Waals surface area contributed by atoms with E-state index in [1.165, 1.54) is 12.1 Å². The lowest BCUT2D eigenvalue weighted by Crippen LogP contribution is -2.16. The summed E-state index contributed by atoms with van der Waals surface area (Å²) >= 11 is 0. The van der Waals surface area contributed by atoms with Crippen LogP contribution in [-0.2, 0) is 16.6 Å². The number of halogens is 3. The average molecular weight is 395 g/mol. The SMILES string of the molecule is Cc1nn(Cc2ccc(F)cc2)c(C)c1NS(=O)(=O)c1ccc(F)cc1F. The molecule has 0 unspecified atom stereocenters. The van der Waals surface area contributed by atoms with Crippen molar-refractivity contribution in [3.8, 4) is 0 Å². The van der Waals surface area contributed by atoms with Crippen molar-refractivity contribution in [3.05, 3.63) is 76.9 Å². The van der Waals surface area contributed by atoms with E-state index in [0.717, 1.165) is 17.7 Å². The van der Waals surface area contributed by atoms with Crippen molar-refractivity contribution in [1.82, 2.24) is 9.78 Å². The molecule has 0 fully saturated rings. The second kappa shape index (κ2) is 7.07. The van der Waals surface area contributed by atoms with E-state index in [1.807, 2.05) is 0 Å². The molecule has 9 heteroatoms. The van der Waals surface area contributed by atoms with Crippen LogP contribution in [0.15, 0.2) is 47.4 Å². The first-order valence-electron chi connectivity index (χ1n) is 7.93. The third kappa shape index (κ3) is 3.97. The summed E-state index contributed by atoms with van der Waals surface area (Å²) in [4.78, 5) is -0.658. The molecule has 0 radical (unpaired) electrons. The zero-order chi connectivity index (χ0) is 19.8. The van der Waals surface area contributed by atoms with E-state index in [1.54, 1.807) is 30.7 Å². The van der Waals surface area contributed by atoms with Gasteiger partial charge >= 0.3 is 0 Å².